The zero-order valence-corrected chi connectivity index (χ0v) is 18.9. The average Bonchev–Trinajstić information content (AvgIpc) is 3.18. The summed E-state index contributed by atoms with van der Waals surface area (Å²) in [6.45, 7) is 3.73. The summed E-state index contributed by atoms with van der Waals surface area (Å²) in [5, 5.41) is 10.2. The molecule has 33 heavy (non-hydrogen) atoms. The van der Waals surface area contributed by atoms with Gasteiger partial charge in [-0.05, 0) is 18.2 Å². The lowest BCUT2D eigenvalue weighted by Crippen LogP contribution is -2.50. The van der Waals surface area contributed by atoms with E-state index in [1.807, 2.05) is 5.43 Å². The summed E-state index contributed by atoms with van der Waals surface area (Å²) < 4.78 is 67.9. The summed E-state index contributed by atoms with van der Waals surface area (Å²) >= 11 is 0. The number of hydrogen-bond donors (Lipinski definition) is 3. The number of carbonyl (C=O) groups excluding carboxylic acids is 2. The van der Waals surface area contributed by atoms with E-state index in [0.29, 0.717) is 0 Å². The maximum atomic E-state index is 13.5. The Hall–Kier alpha value is -2.97. The summed E-state index contributed by atoms with van der Waals surface area (Å²) in [6.07, 6.45) is -4.51. The molecule has 2 amide bonds. The van der Waals surface area contributed by atoms with E-state index in [9.17, 15) is 36.3 Å². The van der Waals surface area contributed by atoms with Crippen LogP contribution in [-0.4, -0.2) is 58.5 Å². The topological polar surface area (TPSA) is 134 Å². The van der Waals surface area contributed by atoms with E-state index in [1.54, 1.807) is 19.3 Å². The molecule has 0 fully saturated rings. The second kappa shape index (κ2) is 9.89. The maximum absolute atomic E-state index is 13.5. The number of imidazole rings is 1. The number of nitrogens with zero attached hydrogens (tertiary/aromatic N) is 3. The molecule has 14 heteroatoms. The fourth-order valence-electron chi connectivity index (χ4n) is 3.06. The summed E-state index contributed by atoms with van der Waals surface area (Å²) in [7, 11) is -2.64. The SMILES string of the molecule is CCN(CC)S(=O)(=O)c1cccc(C(=O)NNC(=O)CC(O)(c2nccn2C)C(F)(F)F)c1. The summed E-state index contributed by atoms with van der Waals surface area (Å²) in [5.41, 5.74) is -0.0394. The van der Waals surface area contributed by atoms with Gasteiger partial charge in [-0.15, -0.1) is 0 Å². The second-order valence-electron chi connectivity index (χ2n) is 7.02. The zero-order valence-electron chi connectivity index (χ0n) is 18.0. The molecule has 182 valence electrons. The van der Waals surface area contributed by atoms with Crippen molar-refractivity contribution in [2.45, 2.75) is 36.9 Å². The van der Waals surface area contributed by atoms with Crippen LogP contribution in [-0.2, 0) is 27.5 Å². The van der Waals surface area contributed by atoms with E-state index in [1.165, 1.54) is 35.7 Å². The molecule has 0 aliphatic heterocycles. The molecule has 10 nitrogen and oxygen atoms in total. The van der Waals surface area contributed by atoms with Crippen LogP contribution in [0.5, 0.6) is 0 Å². The van der Waals surface area contributed by atoms with Gasteiger partial charge in [0.05, 0.1) is 11.3 Å². The van der Waals surface area contributed by atoms with Gasteiger partial charge in [0.25, 0.3) is 5.91 Å². The molecule has 0 aliphatic carbocycles. The highest BCUT2D eigenvalue weighted by Crippen LogP contribution is 2.40. The van der Waals surface area contributed by atoms with Crippen LogP contribution in [0.15, 0.2) is 41.6 Å². The molecule has 3 N–H and O–H groups in total. The van der Waals surface area contributed by atoms with E-state index in [2.05, 4.69) is 4.98 Å². The van der Waals surface area contributed by atoms with Crippen molar-refractivity contribution in [3.05, 3.63) is 48.0 Å². The predicted octanol–water partition coefficient (Wildman–Crippen LogP) is 1.05. The van der Waals surface area contributed by atoms with Crippen LogP contribution in [0.4, 0.5) is 13.2 Å². The summed E-state index contributed by atoms with van der Waals surface area (Å²) in [4.78, 5) is 27.8. The number of halogens is 3. The standard InChI is InChI=1S/C19H24F3N5O5S/c1-4-27(5-2)33(31,32)14-8-6-7-13(11-14)16(29)25-24-15(28)12-18(30,19(20,21)22)17-23-9-10-26(17)3/h6-11,30H,4-5,12H2,1-3H3,(H,24,28)(H,25,29). The monoisotopic (exact) mass is 491 g/mol. The molecule has 1 aromatic carbocycles. The Kier molecular flexibility index (Phi) is 7.87. The molecule has 2 rings (SSSR count). The molecular formula is C19H24F3N5O5S. The molecule has 1 aromatic heterocycles. The van der Waals surface area contributed by atoms with Crippen molar-refractivity contribution in [2.75, 3.05) is 13.1 Å². The third-order valence-corrected chi connectivity index (χ3v) is 6.88. The van der Waals surface area contributed by atoms with Crippen molar-refractivity contribution in [3.8, 4) is 0 Å². The molecule has 0 bridgehead atoms. The maximum Gasteiger partial charge on any atom is 0.425 e. The molecule has 1 unspecified atom stereocenters. The van der Waals surface area contributed by atoms with Crippen molar-refractivity contribution < 1.29 is 36.3 Å². The number of aliphatic hydroxyl groups is 1. The summed E-state index contributed by atoms with van der Waals surface area (Å²) in [5.74, 6) is -3.11. The Labute approximate surface area is 188 Å². The van der Waals surface area contributed by atoms with E-state index >= 15 is 0 Å². The number of nitrogens with one attached hydrogen (secondary N) is 2. The molecule has 0 saturated heterocycles. The first-order chi connectivity index (χ1) is 15.3. The zero-order chi connectivity index (χ0) is 25.0. The van der Waals surface area contributed by atoms with E-state index in [0.717, 1.165) is 16.8 Å². The van der Waals surface area contributed by atoms with Gasteiger partial charge in [-0.1, -0.05) is 19.9 Å². The van der Waals surface area contributed by atoms with Gasteiger partial charge in [0, 0.05) is 38.1 Å². The number of hydrogen-bond acceptors (Lipinski definition) is 6. The fourth-order valence-corrected chi connectivity index (χ4v) is 4.56. The minimum Gasteiger partial charge on any atom is -0.374 e. The number of aryl methyl sites for hydroxylation is 1. The number of carbonyl (C=O) groups is 2. The molecule has 1 atom stereocenters. The molecule has 0 spiro atoms. The van der Waals surface area contributed by atoms with Crippen molar-refractivity contribution in [1.29, 1.82) is 0 Å². The first-order valence-electron chi connectivity index (χ1n) is 9.74. The highest BCUT2D eigenvalue weighted by atomic mass is 32.2. The molecule has 1 heterocycles. The van der Waals surface area contributed by atoms with Crippen LogP contribution in [0, 0.1) is 0 Å². The number of alkyl halides is 3. The van der Waals surface area contributed by atoms with Gasteiger partial charge in [0.15, 0.2) is 5.82 Å². The van der Waals surface area contributed by atoms with Crippen LogP contribution in [0.25, 0.3) is 0 Å². The average molecular weight is 491 g/mol. The highest BCUT2D eigenvalue weighted by molar-refractivity contribution is 7.89. The van der Waals surface area contributed by atoms with Crippen LogP contribution in [0.3, 0.4) is 0 Å². The third kappa shape index (κ3) is 5.51. The van der Waals surface area contributed by atoms with E-state index in [4.69, 9.17) is 0 Å². The molecule has 2 aromatic rings. The Morgan fingerprint density at radius 2 is 1.82 bits per heavy atom. The largest absolute Gasteiger partial charge is 0.425 e. The first kappa shape index (κ1) is 26.3. The minimum absolute atomic E-state index is 0.154. The molecule has 0 radical (unpaired) electrons. The second-order valence-corrected chi connectivity index (χ2v) is 8.95. The van der Waals surface area contributed by atoms with Crippen LogP contribution >= 0.6 is 0 Å². The Morgan fingerprint density at radius 1 is 1.18 bits per heavy atom. The van der Waals surface area contributed by atoms with Gasteiger partial charge >= 0.3 is 6.18 Å². The highest BCUT2D eigenvalue weighted by Gasteiger charge is 2.58. The summed E-state index contributed by atoms with van der Waals surface area (Å²) in [6, 6.07) is 4.95. The van der Waals surface area contributed by atoms with Crippen molar-refractivity contribution in [2.24, 2.45) is 7.05 Å². The van der Waals surface area contributed by atoms with Gasteiger partial charge in [-0.25, -0.2) is 13.4 Å². The van der Waals surface area contributed by atoms with Crippen molar-refractivity contribution in [3.63, 3.8) is 0 Å². The predicted molar refractivity (Wildman–Crippen MR) is 110 cm³/mol. The molecular weight excluding hydrogens is 467 g/mol. The number of rotatable bonds is 8. The number of aromatic nitrogens is 2. The van der Waals surface area contributed by atoms with E-state index < -0.39 is 45.9 Å². The normalized spacial score (nSPS) is 14.1. The molecule has 0 aliphatic rings. The smallest absolute Gasteiger partial charge is 0.374 e. The van der Waals surface area contributed by atoms with Gasteiger partial charge in [0.2, 0.25) is 21.5 Å². The number of amides is 2. The Bertz CT molecular complexity index is 1120. The van der Waals surface area contributed by atoms with Crippen LogP contribution in [0.1, 0.15) is 36.5 Å². The molecule has 0 saturated carbocycles. The lowest BCUT2D eigenvalue weighted by molar-refractivity contribution is -0.271. The number of sulfonamides is 1. The lowest BCUT2D eigenvalue weighted by Gasteiger charge is -2.29. The Morgan fingerprint density at radius 3 is 2.33 bits per heavy atom. The first-order valence-corrected chi connectivity index (χ1v) is 11.2. The van der Waals surface area contributed by atoms with Gasteiger partial charge < -0.3 is 9.67 Å². The number of benzene rings is 1. The van der Waals surface area contributed by atoms with Crippen LogP contribution < -0.4 is 10.9 Å². The minimum atomic E-state index is -5.24. The quantitative estimate of drug-likeness (QED) is 0.473. The third-order valence-electron chi connectivity index (χ3n) is 4.83. The Balaban J connectivity index is 2.15. The fraction of sp³-hybridized carbons (Fsp3) is 0.421. The van der Waals surface area contributed by atoms with Gasteiger partial charge in [-0.3, -0.25) is 20.4 Å². The van der Waals surface area contributed by atoms with Crippen LogP contribution in [0.2, 0.25) is 0 Å². The van der Waals surface area contributed by atoms with E-state index in [-0.39, 0.29) is 23.5 Å². The van der Waals surface area contributed by atoms with Crippen molar-refractivity contribution >= 4 is 21.8 Å². The van der Waals surface area contributed by atoms with Gasteiger partial charge in [0.1, 0.15) is 0 Å². The number of hydrazine groups is 1. The lowest BCUT2D eigenvalue weighted by atomic mass is 9.97. The van der Waals surface area contributed by atoms with Gasteiger partial charge in [-0.2, -0.15) is 17.5 Å². The van der Waals surface area contributed by atoms with Crippen molar-refractivity contribution in [1.82, 2.24) is 24.7 Å².